The van der Waals surface area contributed by atoms with E-state index < -0.39 is 0 Å². The van der Waals surface area contributed by atoms with Crippen LogP contribution < -0.4 is 0 Å². The van der Waals surface area contributed by atoms with Gasteiger partial charge in [-0.15, -0.1) is 0 Å². The summed E-state index contributed by atoms with van der Waals surface area (Å²) < 4.78 is 12.4. The van der Waals surface area contributed by atoms with Gasteiger partial charge in [-0.3, -0.25) is 9.58 Å². The van der Waals surface area contributed by atoms with Crippen LogP contribution in [0.2, 0.25) is 0 Å². The van der Waals surface area contributed by atoms with Gasteiger partial charge in [-0.05, 0) is 6.07 Å². The zero-order chi connectivity index (χ0) is 13.2. The minimum atomic E-state index is 0.398. The van der Waals surface area contributed by atoms with E-state index in [-0.39, 0.29) is 0 Å². The van der Waals surface area contributed by atoms with E-state index in [0.29, 0.717) is 5.92 Å². The topological polar surface area (TPSA) is 43.4 Å². The summed E-state index contributed by atoms with van der Waals surface area (Å²) in [4.78, 5) is 2.39. The molecule has 2 aromatic heterocycles. The van der Waals surface area contributed by atoms with Gasteiger partial charge in [0.1, 0.15) is 0 Å². The molecule has 5 heteroatoms. The summed E-state index contributed by atoms with van der Waals surface area (Å²) in [5, 5.41) is 4.56. The van der Waals surface area contributed by atoms with Crippen molar-refractivity contribution in [3.05, 3.63) is 41.6 Å². The first kappa shape index (κ1) is 12.4. The maximum atomic E-state index is 5.35. The van der Waals surface area contributed by atoms with E-state index in [4.69, 9.17) is 9.15 Å². The number of ether oxygens (including phenoxy) is 1. The highest BCUT2D eigenvalue weighted by molar-refractivity contribution is 5.25. The molecule has 3 heterocycles. The van der Waals surface area contributed by atoms with Crippen LogP contribution in [0.15, 0.2) is 29.2 Å². The minimum Gasteiger partial charge on any atom is -0.472 e. The molecule has 1 atom stereocenters. The number of methoxy groups -OCH3 is 1. The lowest BCUT2D eigenvalue weighted by Gasteiger charge is -2.31. The molecule has 0 aromatic carbocycles. The average Bonchev–Trinajstić information content (AvgIpc) is 2.98. The average molecular weight is 261 g/mol. The predicted molar refractivity (Wildman–Crippen MR) is 70.6 cm³/mol. The summed E-state index contributed by atoms with van der Waals surface area (Å²) in [6.07, 6.45) is 5.64. The molecule has 102 valence electrons. The number of fused-ring (bicyclic) bond motifs is 1. The molecule has 5 nitrogen and oxygen atoms in total. The van der Waals surface area contributed by atoms with E-state index in [1.807, 2.05) is 17.8 Å². The molecule has 0 N–H and O–H groups in total. The van der Waals surface area contributed by atoms with E-state index in [1.54, 1.807) is 19.6 Å². The smallest absolute Gasteiger partial charge is 0.0947 e. The Kier molecular flexibility index (Phi) is 3.40. The van der Waals surface area contributed by atoms with E-state index in [1.165, 1.54) is 16.8 Å². The van der Waals surface area contributed by atoms with Gasteiger partial charge < -0.3 is 9.15 Å². The lowest BCUT2D eigenvalue weighted by molar-refractivity contribution is 0.135. The second-order valence-corrected chi connectivity index (χ2v) is 5.16. The van der Waals surface area contributed by atoms with Crippen molar-refractivity contribution in [3.8, 4) is 0 Å². The lowest BCUT2D eigenvalue weighted by Crippen LogP contribution is -2.34. The molecule has 0 amide bonds. The van der Waals surface area contributed by atoms with Crippen molar-refractivity contribution in [2.75, 3.05) is 20.3 Å². The molecule has 3 rings (SSSR count). The first-order valence-electron chi connectivity index (χ1n) is 6.51. The first-order chi connectivity index (χ1) is 9.26. The van der Waals surface area contributed by atoms with Crippen molar-refractivity contribution in [3.63, 3.8) is 0 Å². The third-order valence-corrected chi connectivity index (χ3v) is 3.58. The van der Waals surface area contributed by atoms with Crippen molar-refractivity contribution < 1.29 is 9.15 Å². The maximum absolute atomic E-state index is 5.35. The van der Waals surface area contributed by atoms with Gasteiger partial charge in [0.05, 0.1) is 24.8 Å². The second-order valence-electron chi connectivity index (χ2n) is 5.16. The fraction of sp³-hybridized carbons (Fsp3) is 0.500. The predicted octanol–water partition coefficient (Wildman–Crippen LogP) is 1.76. The number of nitrogens with zero attached hydrogens (tertiary/aromatic N) is 3. The van der Waals surface area contributed by atoms with Crippen molar-refractivity contribution >= 4 is 0 Å². The van der Waals surface area contributed by atoms with E-state index in [0.717, 1.165) is 26.2 Å². The fourth-order valence-electron chi connectivity index (χ4n) is 2.81. The second kappa shape index (κ2) is 5.19. The quantitative estimate of drug-likeness (QED) is 0.841. The zero-order valence-corrected chi connectivity index (χ0v) is 11.4. The molecule has 0 aliphatic carbocycles. The van der Waals surface area contributed by atoms with Crippen LogP contribution in [-0.4, -0.2) is 34.9 Å². The van der Waals surface area contributed by atoms with Crippen LogP contribution >= 0.6 is 0 Å². The molecule has 0 spiro atoms. The maximum Gasteiger partial charge on any atom is 0.0947 e. The minimum absolute atomic E-state index is 0.398. The van der Waals surface area contributed by atoms with Crippen molar-refractivity contribution in [2.24, 2.45) is 7.05 Å². The molecule has 0 radical (unpaired) electrons. The van der Waals surface area contributed by atoms with Crippen LogP contribution in [0.4, 0.5) is 0 Å². The largest absolute Gasteiger partial charge is 0.472 e. The van der Waals surface area contributed by atoms with E-state index in [2.05, 4.69) is 16.2 Å². The summed E-state index contributed by atoms with van der Waals surface area (Å²) in [6.45, 7) is 3.52. The highest BCUT2D eigenvalue weighted by Gasteiger charge is 2.27. The van der Waals surface area contributed by atoms with Gasteiger partial charge >= 0.3 is 0 Å². The number of hydrogen-bond acceptors (Lipinski definition) is 4. The Balaban J connectivity index is 1.79. The molecule has 0 saturated carbocycles. The zero-order valence-electron chi connectivity index (χ0n) is 11.4. The summed E-state index contributed by atoms with van der Waals surface area (Å²) in [5.41, 5.74) is 3.70. The molecule has 0 fully saturated rings. The Hall–Kier alpha value is -1.59. The van der Waals surface area contributed by atoms with Crippen LogP contribution in [-0.2, 0) is 24.9 Å². The van der Waals surface area contributed by atoms with Crippen molar-refractivity contribution in [1.82, 2.24) is 14.7 Å². The van der Waals surface area contributed by atoms with Crippen LogP contribution in [0.5, 0.6) is 0 Å². The number of hydrogen-bond donors (Lipinski definition) is 0. The Labute approximate surface area is 112 Å². The summed E-state index contributed by atoms with van der Waals surface area (Å²) >= 11 is 0. The summed E-state index contributed by atoms with van der Waals surface area (Å²) in [5.74, 6) is 0.398. The van der Waals surface area contributed by atoms with Crippen LogP contribution in [0.1, 0.15) is 22.7 Å². The third kappa shape index (κ3) is 2.57. The highest BCUT2D eigenvalue weighted by atomic mass is 16.5. The van der Waals surface area contributed by atoms with Crippen LogP contribution in [0.3, 0.4) is 0 Å². The standard InChI is InChI=1S/C14H19N3O2/c1-16-7-13-12(10-18-2)6-17(8-14(13)15-16)5-11-3-4-19-9-11/h3-4,7,9,12H,5-6,8,10H2,1-2H3/t12-/m1/s1. The van der Waals surface area contributed by atoms with Crippen LogP contribution in [0.25, 0.3) is 0 Å². The molecule has 0 unspecified atom stereocenters. The molecule has 0 bridgehead atoms. The SMILES string of the molecule is COC[C@H]1CN(Cc2ccoc2)Cc2nn(C)cc21. The lowest BCUT2D eigenvalue weighted by atomic mass is 9.95. The van der Waals surface area contributed by atoms with Gasteiger partial charge in [-0.25, -0.2) is 0 Å². The molecular weight excluding hydrogens is 242 g/mol. The number of aromatic nitrogens is 2. The summed E-state index contributed by atoms with van der Waals surface area (Å²) in [6, 6.07) is 2.01. The molecule has 0 saturated heterocycles. The fourth-order valence-corrected chi connectivity index (χ4v) is 2.81. The Morgan fingerprint density at radius 3 is 3.16 bits per heavy atom. The van der Waals surface area contributed by atoms with E-state index >= 15 is 0 Å². The van der Waals surface area contributed by atoms with E-state index in [9.17, 15) is 0 Å². The monoisotopic (exact) mass is 261 g/mol. The Morgan fingerprint density at radius 1 is 1.53 bits per heavy atom. The van der Waals surface area contributed by atoms with Gasteiger partial charge in [0, 0.05) is 57.0 Å². The Morgan fingerprint density at radius 2 is 2.42 bits per heavy atom. The molecule has 1 aliphatic heterocycles. The summed E-state index contributed by atoms with van der Waals surface area (Å²) in [7, 11) is 3.73. The highest BCUT2D eigenvalue weighted by Crippen LogP contribution is 2.28. The molecule has 19 heavy (non-hydrogen) atoms. The first-order valence-corrected chi connectivity index (χ1v) is 6.51. The van der Waals surface area contributed by atoms with Gasteiger partial charge in [-0.1, -0.05) is 0 Å². The van der Waals surface area contributed by atoms with Gasteiger partial charge in [0.2, 0.25) is 0 Å². The van der Waals surface area contributed by atoms with Crippen LogP contribution in [0, 0.1) is 0 Å². The third-order valence-electron chi connectivity index (χ3n) is 3.58. The Bertz CT molecular complexity index is 533. The van der Waals surface area contributed by atoms with Gasteiger partial charge in [0.25, 0.3) is 0 Å². The normalized spacial score (nSPS) is 19.6. The molecular formula is C14H19N3O2. The number of furan rings is 1. The number of rotatable bonds is 4. The molecule has 2 aromatic rings. The number of aryl methyl sites for hydroxylation is 1. The van der Waals surface area contributed by atoms with Crippen molar-refractivity contribution in [1.29, 1.82) is 0 Å². The van der Waals surface area contributed by atoms with Crippen molar-refractivity contribution in [2.45, 2.75) is 19.0 Å². The van der Waals surface area contributed by atoms with Gasteiger partial charge in [0.15, 0.2) is 0 Å². The molecule has 1 aliphatic rings. The van der Waals surface area contributed by atoms with Gasteiger partial charge in [-0.2, -0.15) is 5.10 Å².